The largest absolute Gasteiger partial charge is 0.471 e. The van der Waals surface area contributed by atoms with Gasteiger partial charge in [0.2, 0.25) is 5.91 Å². The number of nitrogens with one attached hydrogen (secondary N) is 1. The van der Waals surface area contributed by atoms with Gasteiger partial charge in [-0.2, -0.15) is 13.2 Å². The second-order valence-electron chi connectivity index (χ2n) is 5.22. The maximum atomic E-state index is 12.6. The van der Waals surface area contributed by atoms with Crippen molar-refractivity contribution in [3.63, 3.8) is 0 Å². The number of rotatable bonds is 6. The van der Waals surface area contributed by atoms with Crippen molar-refractivity contribution in [1.29, 1.82) is 0 Å². The predicted molar refractivity (Wildman–Crippen MR) is 80.4 cm³/mol. The van der Waals surface area contributed by atoms with Gasteiger partial charge in [-0.1, -0.05) is 36.4 Å². The number of carbonyl (C=O) groups is 2. The molecule has 0 bridgehead atoms. The number of allylic oxidation sites excluding steroid dienone is 1. The van der Waals surface area contributed by atoms with Crippen LogP contribution >= 0.6 is 0 Å². The Kier molecular flexibility index (Phi) is 6.36. The predicted octanol–water partition coefficient (Wildman–Crippen LogP) is 2.69. The zero-order chi connectivity index (χ0) is 17.6. The van der Waals surface area contributed by atoms with E-state index >= 15 is 0 Å². The zero-order valence-corrected chi connectivity index (χ0v) is 12.9. The molecule has 0 aliphatic heterocycles. The van der Waals surface area contributed by atoms with Crippen molar-refractivity contribution < 1.29 is 22.8 Å². The summed E-state index contributed by atoms with van der Waals surface area (Å²) in [6, 6.07) is 7.00. The van der Waals surface area contributed by atoms with Crippen LogP contribution in [-0.2, 0) is 9.59 Å². The summed E-state index contributed by atoms with van der Waals surface area (Å²) in [6.45, 7) is 3.54. The molecule has 0 spiro atoms. The van der Waals surface area contributed by atoms with E-state index in [-0.39, 0.29) is 12.3 Å². The summed E-state index contributed by atoms with van der Waals surface area (Å²) in [7, 11) is 3.01. The molecule has 0 saturated heterocycles. The normalized spacial score (nSPS) is 13.8. The number of benzene rings is 1. The van der Waals surface area contributed by atoms with Gasteiger partial charge in [0.1, 0.15) is 0 Å². The van der Waals surface area contributed by atoms with Crippen LogP contribution in [0.15, 0.2) is 43.0 Å². The lowest BCUT2D eigenvalue weighted by atomic mass is 9.89. The van der Waals surface area contributed by atoms with Crippen molar-refractivity contribution in [3.05, 3.63) is 48.6 Å². The third-order valence-corrected chi connectivity index (χ3v) is 3.28. The van der Waals surface area contributed by atoms with Crippen LogP contribution in [0.3, 0.4) is 0 Å². The number of nitrogens with zero attached hydrogens (tertiary/aromatic N) is 1. The van der Waals surface area contributed by atoms with Crippen LogP contribution in [0.4, 0.5) is 13.2 Å². The van der Waals surface area contributed by atoms with Gasteiger partial charge < -0.3 is 10.2 Å². The Balaban J connectivity index is 3.23. The highest BCUT2D eigenvalue weighted by atomic mass is 19.4. The summed E-state index contributed by atoms with van der Waals surface area (Å²) in [5.41, 5.74) is 0.423. The van der Waals surface area contributed by atoms with Gasteiger partial charge in [-0.15, -0.1) is 6.58 Å². The number of hydrogen-bond donors (Lipinski definition) is 1. The molecule has 0 aliphatic rings. The number of alkyl halides is 3. The van der Waals surface area contributed by atoms with Gasteiger partial charge >= 0.3 is 12.1 Å². The highest BCUT2D eigenvalue weighted by molar-refractivity contribution is 5.84. The molecule has 0 saturated carbocycles. The fraction of sp³-hybridized carbons (Fsp3) is 0.375. The van der Waals surface area contributed by atoms with Crippen molar-refractivity contribution in [1.82, 2.24) is 10.2 Å². The third-order valence-electron chi connectivity index (χ3n) is 3.28. The molecule has 0 radical (unpaired) electrons. The number of hydrogen-bond acceptors (Lipinski definition) is 2. The summed E-state index contributed by atoms with van der Waals surface area (Å²) in [4.78, 5) is 25.0. The monoisotopic (exact) mass is 328 g/mol. The Hall–Kier alpha value is -2.31. The molecule has 0 aromatic heterocycles. The molecular formula is C16H19F3N2O2. The van der Waals surface area contributed by atoms with Gasteiger partial charge in [-0.05, 0) is 12.0 Å². The Morgan fingerprint density at radius 3 is 2.26 bits per heavy atom. The topological polar surface area (TPSA) is 49.4 Å². The fourth-order valence-corrected chi connectivity index (χ4v) is 2.19. The highest BCUT2D eigenvalue weighted by Gasteiger charge is 2.42. The molecule has 1 aromatic carbocycles. The van der Waals surface area contributed by atoms with E-state index < -0.39 is 24.0 Å². The van der Waals surface area contributed by atoms with Crippen molar-refractivity contribution in [2.45, 2.75) is 18.6 Å². The number of amides is 2. The van der Waals surface area contributed by atoms with Crippen LogP contribution in [0.2, 0.25) is 0 Å². The van der Waals surface area contributed by atoms with Crippen LogP contribution in [0, 0.1) is 5.92 Å². The summed E-state index contributed by atoms with van der Waals surface area (Å²) in [5.74, 6) is -3.34. The van der Waals surface area contributed by atoms with Crippen LogP contribution in [-0.4, -0.2) is 37.0 Å². The first-order valence-corrected chi connectivity index (χ1v) is 6.93. The molecule has 0 unspecified atom stereocenters. The van der Waals surface area contributed by atoms with Gasteiger partial charge in [0.05, 0.1) is 12.0 Å². The summed E-state index contributed by atoms with van der Waals surface area (Å²) < 4.78 is 37.8. The second kappa shape index (κ2) is 7.80. The standard InChI is InChI=1S/C16H19F3N2O2/c1-4-8-12(14(22)21(2)3)13(11-9-6-5-7-10-11)20-15(23)16(17,18)19/h4-7,9-10,12-13H,1,8H2,2-3H3,(H,20,23)/t12-,13-/m0/s1. The van der Waals surface area contributed by atoms with Gasteiger partial charge in [-0.25, -0.2) is 0 Å². The maximum absolute atomic E-state index is 12.6. The zero-order valence-electron chi connectivity index (χ0n) is 12.9. The lowest BCUT2D eigenvalue weighted by Gasteiger charge is -2.29. The number of carbonyl (C=O) groups excluding carboxylic acids is 2. The average molecular weight is 328 g/mol. The second-order valence-corrected chi connectivity index (χ2v) is 5.22. The first kappa shape index (κ1) is 18.7. The molecule has 0 heterocycles. The molecule has 126 valence electrons. The van der Waals surface area contributed by atoms with Crippen LogP contribution in [0.1, 0.15) is 18.0 Å². The fourth-order valence-electron chi connectivity index (χ4n) is 2.19. The van der Waals surface area contributed by atoms with Gasteiger partial charge in [0.25, 0.3) is 0 Å². The van der Waals surface area contributed by atoms with E-state index in [1.807, 2.05) is 5.32 Å². The Morgan fingerprint density at radius 1 is 1.26 bits per heavy atom. The van der Waals surface area contributed by atoms with E-state index in [2.05, 4.69) is 6.58 Å². The highest BCUT2D eigenvalue weighted by Crippen LogP contribution is 2.28. The Labute approximate surface area is 133 Å². The van der Waals surface area contributed by atoms with Crippen molar-refractivity contribution >= 4 is 11.8 Å². The van der Waals surface area contributed by atoms with Gasteiger partial charge in [-0.3, -0.25) is 9.59 Å². The molecule has 0 aliphatic carbocycles. The molecule has 1 N–H and O–H groups in total. The van der Waals surface area contributed by atoms with Crippen molar-refractivity contribution in [2.24, 2.45) is 5.92 Å². The minimum atomic E-state index is -5.02. The molecule has 2 atom stereocenters. The van der Waals surface area contributed by atoms with E-state index in [0.29, 0.717) is 5.56 Å². The van der Waals surface area contributed by atoms with E-state index in [4.69, 9.17) is 0 Å². The molecular weight excluding hydrogens is 309 g/mol. The molecule has 4 nitrogen and oxygen atoms in total. The lowest BCUT2D eigenvalue weighted by Crippen LogP contribution is -2.45. The van der Waals surface area contributed by atoms with E-state index in [1.54, 1.807) is 30.3 Å². The number of halogens is 3. The van der Waals surface area contributed by atoms with Gasteiger partial charge in [0, 0.05) is 14.1 Å². The van der Waals surface area contributed by atoms with Crippen molar-refractivity contribution in [2.75, 3.05) is 14.1 Å². The van der Waals surface area contributed by atoms with E-state index in [1.165, 1.54) is 25.1 Å². The van der Waals surface area contributed by atoms with E-state index in [0.717, 1.165) is 0 Å². The summed E-state index contributed by atoms with van der Waals surface area (Å²) in [6.07, 6.45) is -3.44. The third kappa shape index (κ3) is 5.12. The molecule has 2 amide bonds. The first-order valence-electron chi connectivity index (χ1n) is 6.93. The Morgan fingerprint density at radius 2 is 1.83 bits per heavy atom. The molecule has 0 fully saturated rings. The smallest absolute Gasteiger partial charge is 0.348 e. The van der Waals surface area contributed by atoms with Crippen LogP contribution < -0.4 is 5.32 Å². The minimum absolute atomic E-state index is 0.134. The average Bonchev–Trinajstić information content (AvgIpc) is 2.49. The molecule has 1 aromatic rings. The minimum Gasteiger partial charge on any atom is -0.348 e. The maximum Gasteiger partial charge on any atom is 0.471 e. The molecule has 7 heteroatoms. The van der Waals surface area contributed by atoms with Crippen molar-refractivity contribution in [3.8, 4) is 0 Å². The lowest BCUT2D eigenvalue weighted by molar-refractivity contribution is -0.175. The summed E-state index contributed by atoms with van der Waals surface area (Å²) >= 11 is 0. The molecule has 1 rings (SSSR count). The summed E-state index contributed by atoms with van der Waals surface area (Å²) in [5, 5.41) is 1.93. The van der Waals surface area contributed by atoms with Crippen LogP contribution in [0.5, 0.6) is 0 Å². The van der Waals surface area contributed by atoms with E-state index in [9.17, 15) is 22.8 Å². The van der Waals surface area contributed by atoms with Crippen LogP contribution in [0.25, 0.3) is 0 Å². The Bertz CT molecular complexity index is 556. The molecule has 23 heavy (non-hydrogen) atoms. The quantitative estimate of drug-likeness (QED) is 0.816. The van der Waals surface area contributed by atoms with Gasteiger partial charge in [0.15, 0.2) is 0 Å². The first-order chi connectivity index (χ1) is 10.7. The SMILES string of the molecule is C=CC[C@H](C(=O)N(C)C)[C@@H](NC(=O)C(F)(F)F)c1ccccc1.